The molecule has 0 aliphatic rings. The number of hydrogen-bond acceptors (Lipinski definition) is 7. The molecular formula is C17H35NO6Si. The molecule has 0 rings (SSSR count). The molecular weight excluding hydrogens is 342 g/mol. The summed E-state index contributed by atoms with van der Waals surface area (Å²) in [5.41, 5.74) is 5.59. The van der Waals surface area contributed by atoms with Crippen molar-refractivity contribution in [1.29, 1.82) is 0 Å². The molecule has 0 aromatic heterocycles. The molecule has 2 radical (unpaired) electrons. The molecule has 0 amide bonds. The molecule has 0 aromatic carbocycles. The minimum Gasteiger partial charge on any atom is -0.494 e. The summed E-state index contributed by atoms with van der Waals surface area (Å²) in [5.74, 6) is 0.422. The highest BCUT2D eigenvalue weighted by Gasteiger charge is 2.13. The quantitative estimate of drug-likeness (QED) is 0.209. The van der Waals surface area contributed by atoms with Crippen molar-refractivity contribution >= 4 is 9.52 Å². The second-order valence-corrected chi connectivity index (χ2v) is 6.13. The third-order valence-corrected chi connectivity index (χ3v) is 4.13. The monoisotopic (exact) mass is 377 g/mol. The summed E-state index contributed by atoms with van der Waals surface area (Å²) in [6.07, 6.45) is 0.932. The van der Waals surface area contributed by atoms with Gasteiger partial charge >= 0.3 is 5.95 Å². The van der Waals surface area contributed by atoms with Crippen LogP contribution in [0.4, 0.5) is 0 Å². The van der Waals surface area contributed by atoms with Gasteiger partial charge in [0.2, 0.25) is 0 Å². The lowest BCUT2D eigenvalue weighted by Crippen LogP contribution is -2.17. The Morgan fingerprint density at radius 2 is 1.20 bits per heavy atom. The molecule has 25 heavy (non-hydrogen) atoms. The van der Waals surface area contributed by atoms with E-state index in [-0.39, 0.29) is 0 Å². The lowest BCUT2D eigenvalue weighted by molar-refractivity contribution is -0.0239. The van der Waals surface area contributed by atoms with Gasteiger partial charge in [0.1, 0.15) is 34.7 Å². The van der Waals surface area contributed by atoms with Crippen molar-refractivity contribution in [1.82, 2.24) is 0 Å². The van der Waals surface area contributed by atoms with Crippen LogP contribution in [0.1, 0.15) is 27.2 Å². The van der Waals surface area contributed by atoms with Gasteiger partial charge in [0.25, 0.3) is 0 Å². The van der Waals surface area contributed by atoms with Crippen molar-refractivity contribution < 1.29 is 28.4 Å². The first kappa shape index (κ1) is 24.2. The van der Waals surface area contributed by atoms with Gasteiger partial charge in [-0.15, -0.1) is 0 Å². The maximum atomic E-state index is 5.86. The fraction of sp³-hybridized carbons (Fsp3) is 0.882. The second-order valence-electron chi connectivity index (χ2n) is 4.82. The van der Waals surface area contributed by atoms with Crippen LogP contribution in [0.5, 0.6) is 0 Å². The first-order chi connectivity index (χ1) is 12.3. The molecule has 0 fully saturated rings. The molecule has 0 spiro atoms. The van der Waals surface area contributed by atoms with Crippen LogP contribution in [0, 0.1) is 0 Å². The minimum absolute atomic E-state index is 0.414. The van der Waals surface area contributed by atoms with Crippen molar-refractivity contribution in [2.24, 2.45) is 5.73 Å². The highest BCUT2D eigenvalue weighted by atomic mass is 28.2. The van der Waals surface area contributed by atoms with Crippen molar-refractivity contribution in [3.05, 3.63) is 11.3 Å². The Morgan fingerprint density at radius 3 is 1.64 bits per heavy atom. The molecule has 7 nitrogen and oxygen atoms in total. The first-order valence-corrected chi connectivity index (χ1v) is 10.3. The summed E-state index contributed by atoms with van der Waals surface area (Å²) < 4.78 is 33.3. The number of hydrogen-bond donors (Lipinski definition) is 1. The third kappa shape index (κ3) is 15.2. The Balaban J connectivity index is 4.73. The van der Waals surface area contributed by atoms with Crippen LogP contribution < -0.4 is 5.73 Å². The Morgan fingerprint density at radius 1 is 0.720 bits per heavy atom. The fourth-order valence-corrected chi connectivity index (χ4v) is 2.78. The van der Waals surface area contributed by atoms with Crippen LogP contribution in [0.3, 0.4) is 0 Å². The lowest BCUT2D eigenvalue weighted by Gasteiger charge is -2.18. The van der Waals surface area contributed by atoms with Crippen LogP contribution in [0.15, 0.2) is 11.3 Å². The molecule has 0 heterocycles. The minimum atomic E-state index is 0.414. The molecule has 148 valence electrons. The number of rotatable bonds is 19. The van der Waals surface area contributed by atoms with Gasteiger partial charge in [-0.05, 0) is 33.7 Å². The summed E-state index contributed by atoms with van der Waals surface area (Å²) in [4.78, 5) is 0. The van der Waals surface area contributed by atoms with Gasteiger partial charge in [0.15, 0.2) is 0 Å². The van der Waals surface area contributed by atoms with Crippen molar-refractivity contribution in [3.63, 3.8) is 0 Å². The van der Waals surface area contributed by atoms with Gasteiger partial charge in [0, 0.05) is 19.8 Å². The number of nitrogens with two attached hydrogens (primary N) is 1. The molecule has 0 bridgehead atoms. The summed E-state index contributed by atoms with van der Waals surface area (Å²) in [7, 11) is 0.437. The predicted molar refractivity (Wildman–Crippen MR) is 98.6 cm³/mol. The summed E-state index contributed by atoms with van der Waals surface area (Å²) >= 11 is 0. The molecule has 0 aliphatic heterocycles. The van der Waals surface area contributed by atoms with E-state index in [0.717, 1.165) is 17.8 Å². The van der Waals surface area contributed by atoms with Gasteiger partial charge in [0.05, 0.1) is 19.8 Å². The van der Waals surface area contributed by atoms with Crippen LogP contribution >= 0.6 is 0 Å². The Hall–Kier alpha value is -0.803. The zero-order valence-electron chi connectivity index (χ0n) is 16.0. The lowest BCUT2D eigenvalue weighted by atomic mass is 10.5. The molecule has 0 saturated carbocycles. The van der Waals surface area contributed by atoms with Gasteiger partial charge in [-0.25, -0.2) is 0 Å². The molecule has 8 heteroatoms. The van der Waals surface area contributed by atoms with Crippen molar-refractivity contribution in [3.8, 4) is 0 Å². The van der Waals surface area contributed by atoms with E-state index in [1.807, 2.05) is 20.8 Å². The highest BCUT2D eigenvalue weighted by Crippen LogP contribution is 2.12. The smallest absolute Gasteiger partial charge is 0.313 e. The van der Waals surface area contributed by atoms with Gasteiger partial charge in [-0.1, -0.05) is 6.04 Å². The zero-order valence-corrected chi connectivity index (χ0v) is 17.0. The molecule has 0 saturated heterocycles. The van der Waals surface area contributed by atoms with Crippen LogP contribution in [-0.2, 0) is 28.4 Å². The van der Waals surface area contributed by atoms with Gasteiger partial charge in [-0.2, -0.15) is 0 Å². The molecule has 0 atom stereocenters. The SMILES string of the molecule is CCOCCOC(OCCOCC)=C(OCCOCC)[Si]CCCN. The van der Waals surface area contributed by atoms with E-state index < -0.39 is 0 Å². The maximum absolute atomic E-state index is 5.86. The van der Waals surface area contributed by atoms with Crippen molar-refractivity contribution in [2.45, 2.75) is 33.2 Å². The standard InChI is InChI=1S/C17H35NO6Si/c1-4-19-9-12-22-16(23-13-10-20-5-2)17(25-15-7-8-18)24-14-11-21-6-3/h4-15,18H2,1-3H3. The molecule has 0 unspecified atom stereocenters. The Bertz CT molecular complexity index is 304. The van der Waals surface area contributed by atoms with E-state index >= 15 is 0 Å². The largest absolute Gasteiger partial charge is 0.494 e. The fourth-order valence-electron chi connectivity index (χ4n) is 1.68. The predicted octanol–water partition coefficient (Wildman–Crippen LogP) is 1.74. The average molecular weight is 378 g/mol. The Labute approximate surface area is 154 Å². The first-order valence-electron chi connectivity index (χ1n) is 9.09. The second kappa shape index (κ2) is 19.5. The van der Waals surface area contributed by atoms with E-state index in [4.69, 9.17) is 34.2 Å². The Kier molecular flexibility index (Phi) is 18.9. The zero-order chi connectivity index (χ0) is 18.6. The molecule has 2 N–H and O–H groups in total. The maximum Gasteiger partial charge on any atom is 0.313 e. The van der Waals surface area contributed by atoms with E-state index in [0.29, 0.717) is 81.5 Å². The van der Waals surface area contributed by atoms with Crippen LogP contribution in [0.25, 0.3) is 0 Å². The van der Waals surface area contributed by atoms with E-state index in [2.05, 4.69) is 0 Å². The van der Waals surface area contributed by atoms with Crippen LogP contribution in [-0.4, -0.2) is 75.5 Å². The normalized spacial score (nSPS) is 10.6. The van der Waals surface area contributed by atoms with Gasteiger partial charge < -0.3 is 34.2 Å². The van der Waals surface area contributed by atoms with Crippen molar-refractivity contribution in [2.75, 3.05) is 66.0 Å². The number of ether oxygens (including phenoxy) is 6. The van der Waals surface area contributed by atoms with E-state index in [1.54, 1.807) is 0 Å². The summed E-state index contributed by atoms with van der Waals surface area (Å²) in [5, 5.41) is 0.723. The average Bonchev–Trinajstić information content (AvgIpc) is 2.63. The molecule has 0 aliphatic carbocycles. The highest BCUT2D eigenvalue weighted by molar-refractivity contribution is 6.44. The topological polar surface area (TPSA) is 81.4 Å². The van der Waals surface area contributed by atoms with E-state index in [1.165, 1.54) is 0 Å². The summed E-state index contributed by atoms with van der Waals surface area (Å²) in [6, 6.07) is 0.938. The summed E-state index contributed by atoms with van der Waals surface area (Å²) in [6.45, 7) is 11.3. The van der Waals surface area contributed by atoms with E-state index in [9.17, 15) is 0 Å². The molecule has 0 aromatic rings. The third-order valence-electron chi connectivity index (χ3n) is 2.86. The van der Waals surface area contributed by atoms with Gasteiger partial charge in [-0.3, -0.25) is 0 Å². The van der Waals surface area contributed by atoms with Crippen LogP contribution in [0.2, 0.25) is 6.04 Å².